The Labute approximate surface area is 211 Å². The maximum absolute atomic E-state index is 14.8. The first-order valence-corrected chi connectivity index (χ1v) is 12.9. The molecule has 35 heavy (non-hydrogen) atoms. The van der Waals surface area contributed by atoms with Gasteiger partial charge in [0.2, 0.25) is 0 Å². The van der Waals surface area contributed by atoms with Crippen molar-refractivity contribution in [2.45, 2.75) is 29.5 Å². The summed E-state index contributed by atoms with van der Waals surface area (Å²) in [6.45, 7) is 0.201. The van der Waals surface area contributed by atoms with Gasteiger partial charge >= 0.3 is 0 Å². The number of sulfonamides is 1. The molecular weight excluding hydrogens is 523 g/mol. The number of aromatic nitrogens is 3. The monoisotopic (exact) mass is 545 g/mol. The fourth-order valence-electron chi connectivity index (χ4n) is 4.23. The van der Waals surface area contributed by atoms with Gasteiger partial charge in [-0.1, -0.05) is 23.2 Å². The number of aliphatic hydroxyl groups is 1. The van der Waals surface area contributed by atoms with E-state index in [0.29, 0.717) is 0 Å². The smallest absolute Gasteiger partial charge is 0.262 e. The van der Waals surface area contributed by atoms with Gasteiger partial charge in [0.1, 0.15) is 17.9 Å². The number of hydrogen-bond donors (Lipinski definition) is 2. The molecule has 1 saturated heterocycles. The Morgan fingerprint density at radius 3 is 2.51 bits per heavy atom. The second-order valence-electron chi connectivity index (χ2n) is 8.47. The van der Waals surface area contributed by atoms with E-state index in [9.17, 15) is 22.3 Å². The van der Waals surface area contributed by atoms with E-state index in [0.717, 1.165) is 6.07 Å². The predicted molar refractivity (Wildman–Crippen MR) is 126 cm³/mol. The minimum absolute atomic E-state index is 0.0279. The Hall–Kier alpha value is -2.15. The number of pyridine rings is 1. The molecule has 0 aliphatic carbocycles. The van der Waals surface area contributed by atoms with Gasteiger partial charge in [0, 0.05) is 55.1 Å². The molecule has 4 rings (SSSR count). The van der Waals surface area contributed by atoms with E-state index >= 15 is 0 Å². The van der Waals surface area contributed by atoms with Crippen LogP contribution in [0, 0.1) is 11.6 Å². The van der Waals surface area contributed by atoms with Crippen LogP contribution in [0.25, 0.3) is 0 Å². The van der Waals surface area contributed by atoms with E-state index < -0.39 is 33.3 Å². The van der Waals surface area contributed by atoms with Crippen LogP contribution in [0.15, 0.2) is 48.0 Å². The number of rotatable bonds is 7. The molecule has 2 N–H and O–H groups in total. The Morgan fingerprint density at radius 1 is 1.17 bits per heavy atom. The minimum Gasteiger partial charge on any atom is -0.374 e. The van der Waals surface area contributed by atoms with Gasteiger partial charge in [-0.15, -0.1) is 0 Å². The van der Waals surface area contributed by atoms with Crippen molar-refractivity contribution in [1.29, 1.82) is 0 Å². The number of hydrogen-bond acceptors (Lipinski definition) is 6. The fourth-order valence-corrected chi connectivity index (χ4v) is 6.13. The molecule has 1 aliphatic heterocycles. The zero-order chi connectivity index (χ0) is 25.4. The molecular formula is C22H23Cl2F2N5O3S. The minimum atomic E-state index is -3.83. The molecule has 3 heterocycles. The standard InChI is InChI=1S/C22H23Cl2F2N5O3S/c1-30-11-19(29-13-30)35(33,34)31-7-4-22(5-8-31,20-17(25)3-2-6-27-20)12-28-21(32)14-9-18(26)16(24)10-15(14)23/h2-3,6,9-11,13,21,28,32H,4-5,7-8,12H2,1H3. The summed E-state index contributed by atoms with van der Waals surface area (Å²) in [4.78, 5) is 8.18. The average molecular weight is 546 g/mol. The lowest BCUT2D eigenvalue weighted by Crippen LogP contribution is -2.50. The van der Waals surface area contributed by atoms with Crippen LogP contribution < -0.4 is 5.32 Å². The second-order valence-corrected chi connectivity index (χ2v) is 11.2. The fraction of sp³-hybridized carbons (Fsp3) is 0.364. The van der Waals surface area contributed by atoms with E-state index in [1.807, 2.05) is 0 Å². The molecule has 8 nitrogen and oxygen atoms in total. The number of benzene rings is 1. The lowest BCUT2D eigenvalue weighted by molar-refractivity contribution is 0.115. The molecule has 0 bridgehead atoms. The second kappa shape index (κ2) is 10.1. The zero-order valence-corrected chi connectivity index (χ0v) is 21.0. The van der Waals surface area contributed by atoms with E-state index in [1.165, 1.54) is 41.2 Å². The van der Waals surface area contributed by atoms with Crippen LogP contribution in [0.2, 0.25) is 10.0 Å². The molecule has 188 valence electrons. The third kappa shape index (κ3) is 5.20. The SMILES string of the molecule is Cn1cnc(S(=O)(=O)N2CCC(CNC(O)c3cc(F)c(Cl)cc3Cl)(c3ncccc3F)CC2)c1. The molecule has 0 amide bonds. The molecule has 0 radical (unpaired) electrons. The summed E-state index contributed by atoms with van der Waals surface area (Å²) in [5.41, 5.74) is -0.719. The van der Waals surface area contributed by atoms with Crippen molar-refractivity contribution in [3.05, 3.63) is 75.9 Å². The summed E-state index contributed by atoms with van der Waals surface area (Å²) >= 11 is 11.9. The van der Waals surface area contributed by atoms with Crippen molar-refractivity contribution < 1.29 is 22.3 Å². The number of halogens is 4. The van der Waals surface area contributed by atoms with Crippen LogP contribution >= 0.6 is 23.2 Å². The summed E-state index contributed by atoms with van der Waals surface area (Å²) in [5.74, 6) is -1.29. The quantitative estimate of drug-likeness (QED) is 0.348. The topological polar surface area (TPSA) is 100 Å². The Balaban J connectivity index is 1.58. The van der Waals surface area contributed by atoms with Gasteiger partial charge < -0.3 is 9.67 Å². The molecule has 13 heteroatoms. The van der Waals surface area contributed by atoms with Crippen molar-refractivity contribution >= 4 is 33.2 Å². The normalized spacial score (nSPS) is 17.4. The molecule has 2 aromatic heterocycles. The van der Waals surface area contributed by atoms with Crippen molar-refractivity contribution in [2.75, 3.05) is 19.6 Å². The van der Waals surface area contributed by atoms with Gasteiger partial charge in [-0.3, -0.25) is 10.3 Å². The van der Waals surface area contributed by atoms with Gasteiger partial charge in [0.05, 0.1) is 17.0 Å². The molecule has 1 unspecified atom stereocenters. The summed E-state index contributed by atoms with van der Waals surface area (Å²) in [7, 11) is -2.15. The summed E-state index contributed by atoms with van der Waals surface area (Å²) in [6, 6.07) is 4.96. The average Bonchev–Trinajstić information content (AvgIpc) is 3.27. The maximum Gasteiger partial charge on any atom is 0.262 e. The highest BCUT2D eigenvalue weighted by Crippen LogP contribution is 2.38. The predicted octanol–water partition coefficient (Wildman–Crippen LogP) is 3.40. The van der Waals surface area contributed by atoms with Crippen molar-refractivity contribution in [2.24, 2.45) is 7.05 Å². The molecule has 0 saturated carbocycles. The highest BCUT2D eigenvalue weighted by molar-refractivity contribution is 7.89. The van der Waals surface area contributed by atoms with Gasteiger partial charge in [-0.25, -0.2) is 22.2 Å². The van der Waals surface area contributed by atoms with E-state index in [-0.39, 0.29) is 58.8 Å². The molecule has 1 atom stereocenters. The van der Waals surface area contributed by atoms with Crippen LogP contribution in [0.4, 0.5) is 8.78 Å². The van der Waals surface area contributed by atoms with Crippen molar-refractivity contribution in [3.8, 4) is 0 Å². The van der Waals surface area contributed by atoms with Gasteiger partial charge in [0.15, 0.2) is 5.03 Å². The number of aliphatic hydroxyl groups excluding tert-OH is 1. The molecule has 0 spiro atoms. The summed E-state index contributed by atoms with van der Waals surface area (Å²) in [5, 5.41) is 13.4. The lowest BCUT2D eigenvalue weighted by Gasteiger charge is -2.41. The Morgan fingerprint density at radius 2 is 1.89 bits per heavy atom. The third-order valence-electron chi connectivity index (χ3n) is 6.19. The van der Waals surface area contributed by atoms with Crippen molar-refractivity contribution in [1.82, 2.24) is 24.2 Å². The molecule has 1 aromatic carbocycles. The van der Waals surface area contributed by atoms with Crippen LogP contribution in [0.1, 0.15) is 30.3 Å². The summed E-state index contributed by atoms with van der Waals surface area (Å²) < 4.78 is 57.6. The van der Waals surface area contributed by atoms with E-state index in [4.69, 9.17) is 23.2 Å². The van der Waals surface area contributed by atoms with Crippen LogP contribution in [-0.2, 0) is 22.5 Å². The van der Waals surface area contributed by atoms with Crippen LogP contribution in [-0.4, -0.2) is 52.0 Å². The first-order valence-electron chi connectivity index (χ1n) is 10.7. The highest BCUT2D eigenvalue weighted by atomic mass is 35.5. The number of imidazole rings is 1. The Bertz CT molecular complexity index is 1330. The summed E-state index contributed by atoms with van der Waals surface area (Å²) in [6.07, 6.45) is 3.33. The largest absolute Gasteiger partial charge is 0.374 e. The van der Waals surface area contributed by atoms with Gasteiger partial charge in [0.25, 0.3) is 10.0 Å². The number of piperidine rings is 1. The molecule has 1 aliphatic rings. The number of nitrogens with zero attached hydrogens (tertiary/aromatic N) is 4. The van der Waals surface area contributed by atoms with Gasteiger partial charge in [-0.2, -0.15) is 4.31 Å². The number of aryl methyl sites for hydroxylation is 1. The lowest BCUT2D eigenvalue weighted by atomic mass is 9.75. The highest BCUT2D eigenvalue weighted by Gasteiger charge is 2.43. The first-order chi connectivity index (χ1) is 16.5. The van der Waals surface area contributed by atoms with E-state index in [2.05, 4.69) is 15.3 Å². The zero-order valence-electron chi connectivity index (χ0n) is 18.6. The van der Waals surface area contributed by atoms with Gasteiger partial charge in [-0.05, 0) is 37.1 Å². The van der Waals surface area contributed by atoms with Crippen molar-refractivity contribution in [3.63, 3.8) is 0 Å². The van der Waals surface area contributed by atoms with E-state index in [1.54, 1.807) is 11.6 Å². The Kier molecular flexibility index (Phi) is 7.46. The van der Waals surface area contributed by atoms with Crippen LogP contribution in [0.5, 0.6) is 0 Å². The maximum atomic E-state index is 14.8. The first kappa shape index (κ1) is 25.9. The number of nitrogens with one attached hydrogen (secondary N) is 1. The molecule has 3 aromatic rings. The molecule has 1 fully saturated rings. The third-order valence-corrected chi connectivity index (χ3v) is 8.60. The van der Waals surface area contributed by atoms with Crippen LogP contribution in [0.3, 0.4) is 0 Å².